The van der Waals surface area contributed by atoms with Crippen LogP contribution in [0, 0.1) is 4.91 Å². The van der Waals surface area contributed by atoms with Crippen molar-refractivity contribution in [1.82, 2.24) is 0 Å². The van der Waals surface area contributed by atoms with Crippen molar-refractivity contribution in [2.75, 3.05) is 17.9 Å². The van der Waals surface area contributed by atoms with E-state index in [9.17, 15) is 4.91 Å². The summed E-state index contributed by atoms with van der Waals surface area (Å²) >= 11 is 5.46. The van der Waals surface area contributed by atoms with Crippen molar-refractivity contribution < 1.29 is 4.87 Å². The van der Waals surface area contributed by atoms with Crippen LogP contribution in [0.2, 0.25) is 0 Å². The van der Waals surface area contributed by atoms with Crippen LogP contribution in [0.25, 0.3) is 0 Å². The second kappa shape index (κ2) is 5.54. The van der Waals surface area contributed by atoms with Crippen LogP contribution in [0.3, 0.4) is 0 Å². The second-order valence-corrected chi connectivity index (χ2v) is 3.00. The van der Waals surface area contributed by atoms with Gasteiger partial charge in [-0.05, 0) is 12.1 Å². The number of benzene rings is 1. The normalized spacial score (nSPS) is 9.62. The number of hydrogen-bond acceptors (Lipinski definition) is 1. The first-order chi connectivity index (χ1) is 6.33. The van der Waals surface area contributed by atoms with E-state index in [0.717, 1.165) is 10.6 Å². The van der Waals surface area contributed by atoms with E-state index in [0.29, 0.717) is 18.8 Å². The molecule has 0 bridgehead atoms. The highest BCUT2D eigenvalue weighted by Gasteiger charge is 2.06. The largest absolute Gasteiger partial charge is 0.226 e. The fourth-order valence-electron chi connectivity index (χ4n) is 0.916. The zero-order chi connectivity index (χ0) is 9.52. The van der Waals surface area contributed by atoms with Crippen LogP contribution in [-0.4, -0.2) is 17.3 Å². The molecule has 0 heterocycles. The molecule has 0 aliphatic heterocycles. The molecule has 0 aliphatic carbocycles. The third-order valence-corrected chi connectivity index (χ3v) is 1.79. The topological polar surface area (TPSA) is 32.1 Å². The summed E-state index contributed by atoms with van der Waals surface area (Å²) < 4.78 is 0. The van der Waals surface area contributed by atoms with Gasteiger partial charge in [0, 0.05) is 12.3 Å². The molecule has 1 aromatic rings. The number of halogens is 1. The van der Waals surface area contributed by atoms with E-state index in [2.05, 4.69) is 5.43 Å². The minimum absolute atomic E-state index is 0.401. The van der Waals surface area contributed by atoms with E-state index in [1.807, 2.05) is 30.3 Å². The van der Waals surface area contributed by atoms with Crippen molar-refractivity contribution in [1.29, 1.82) is 0 Å². The summed E-state index contributed by atoms with van der Waals surface area (Å²) in [6.45, 7) is 0.401. The lowest BCUT2D eigenvalue weighted by Crippen LogP contribution is -2.17. The first-order valence-electron chi connectivity index (χ1n) is 4.15. The van der Waals surface area contributed by atoms with Crippen LogP contribution in [0.15, 0.2) is 30.3 Å². The van der Waals surface area contributed by atoms with Gasteiger partial charge in [0.1, 0.15) is 10.6 Å². The molecule has 0 radical (unpaired) electrons. The Morgan fingerprint density at radius 2 is 2.00 bits per heavy atom. The molecule has 0 saturated heterocycles. The maximum Gasteiger partial charge on any atom is 0.226 e. The number of alkyl halides is 1. The number of nitrogens with zero attached hydrogens (tertiary/aromatic N) is 1. The quantitative estimate of drug-likeness (QED) is 0.449. The summed E-state index contributed by atoms with van der Waals surface area (Å²) in [6.07, 6.45) is 0.685. The Bertz CT molecular complexity index is 264. The van der Waals surface area contributed by atoms with Crippen LogP contribution in [-0.2, 0) is 0 Å². The molecule has 0 aliphatic rings. The predicted molar refractivity (Wildman–Crippen MR) is 53.9 cm³/mol. The van der Waals surface area contributed by atoms with Gasteiger partial charge in [-0.1, -0.05) is 18.2 Å². The van der Waals surface area contributed by atoms with Crippen LogP contribution in [0.5, 0.6) is 0 Å². The number of hydrogen-bond donors (Lipinski definition) is 1. The molecule has 0 fully saturated rings. The van der Waals surface area contributed by atoms with Crippen molar-refractivity contribution >= 4 is 17.3 Å². The zero-order valence-corrected chi connectivity index (χ0v) is 8.00. The van der Waals surface area contributed by atoms with E-state index in [1.54, 1.807) is 0 Å². The van der Waals surface area contributed by atoms with E-state index >= 15 is 0 Å². The number of para-hydroxylation sites is 1. The Balaban J connectivity index is 2.37. The van der Waals surface area contributed by atoms with Gasteiger partial charge in [-0.25, -0.2) is 0 Å². The van der Waals surface area contributed by atoms with Gasteiger partial charge in [-0.3, -0.25) is 0 Å². The van der Waals surface area contributed by atoms with E-state index in [1.165, 1.54) is 0 Å². The lowest BCUT2D eigenvalue weighted by molar-refractivity contribution is -0.517. The highest BCUT2D eigenvalue weighted by Crippen LogP contribution is 2.04. The minimum Gasteiger partial charge on any atom is -0.126 e. The van der Waals surface area contributed by atoms with E-state index < -0.39 is 0 Å². The molecule has 1 N–H and O–H groups in total. The van der Waals surface area contributed by atoms with E-state index in [-0.39, 0.29) is 0 Å². The van der Waals surface area contributed by atoms with Gasteiger partial charge in [0.25, 0.3) is 0 Å². The number of nitrogens with one attached hydrogen (secondary N) is 1. The lowest BCUT2D eigenvalue weighted by Gasteiger charge is -1.95. The Hall–Kier alpha value is -1.09. The number of rotatable bonds is 5. The van der Waals surface area contributed by atoms with Gasteiger partial charge in [-0.2, -0.15) is 0 Å². The number of nitroso groups, excluding NO2 is 1. The Morgan fingerprint density at radius 3 is 2.62 bits per heavy atom. The van der Waals surface area contributed by atoms with Gasteiger partial charge < -0.3 is 0 Å². The molecule has 0 unspecified atom stereocenters. The van der Waals surface area contributed by atoms with Crippen LogP contribution in [0.1, 0.15) is 6.42 Å². The lowest BCUT2D eigenvalue weighted by atomic mass is 10.3. The maximum absolute atomic E-state index is 11.1. The molecular formula is C9H12ClN2O+. The van der Waals surface area contributed by atoms with Gasteiger partial charge >= 0.3 is 0 Å². The monoisotopic (exact) mass is 199 g/mol. The third-order valence-electron chi connectivity index (χ3n) is 1.52. The minimum atomic E-state index is 0.401. The van der Waals surface area contributed by atoms with Gasteiger partial charge in [0.05, 0.1) is 4.91 Å². The molecule has 4 heteroatoms. The molecule has 0 aromatic heterocycles. The molecule has 0 spiro atoms. The average Bonchev–Trinajstić information content (AvgIpc) is 2.16. The Labute approximate surface area is 82.3 Å². The molecule has 0 atom stereocenters. The van der Waals surface area contributed by atoms with Crippen molar-refractivity contribution in [3.05, 3.63) is 35.2 Å². The Kier molecular flexibility index (Phi) is 4.26. The smallest absolute Gasteiger partial charge is 0.126 e. The summed E-state index contributed by atoms with van der Waals surface area (Å²) in [6, 6.07) is 9.33. The van der Waals surface area contributed by atoms with Gasteiger partial charge in [0.15, 0.2) is 0 Å². The van der Waals surface area contributed by atoms with Gasteiger partial charge in [0.2, 0.25) is 6.54 Å². The SMILES string of the molecule is O=[N+](CCCCl)Nc1ccccc1. The summed E-state index contributed by atoms with van der Waals surface area (Å²) in [7, 11) is 0. The number of anilines is 1. The Morgan fingerprint density at radius 1 is 1.31 bits per heavy atom. The highest BCUT2D eigenvalue weighted by atomic mass is 35.5. The highest BCUT2D eigenvalue weighted by molar-refractivity contribution is 6.17. The maximum atomic E-state index is 11.1. The molecule has 3 nitrogen and oxygen atoms in total. The van der Waals surface area contributed by atoms with Gasteiger partial charge in [-0.15, -0.1) is 17.0 Å². The molecule has 1 rings (SSSR count). The molecule has 70 valence electrons. The first-order valence-corrected chi connectivity index (χ1v) is 4.68. The third kappa shape index (κ3) is 3.90. The number of hydrazine groups is 1. The first kappa shape index (κ1) is 9.99. The standard InChI is InChI=1S/C9H12ClN2O/c10-7-4-8-12(13)11-9-5-2-1-3-6-9/h1-3,5-6H,4,7-8H2,(H,11,13)/q+1. The molecule has 13 heavy (non-hydrogen) atoms. The van der Waals surface area contributed by atoms with Crippen molar-refractivity contribution in [3.63, 3.8) is 0 Å². The molecule has 0 amide bonds. The fraction of sp³-hybridized carbons (Fsp3) is 0.333. The predicted octanol–water partition coefficient (Wildman–Crippen LogP) is 2.42. The van der Waals surface area contributed by atoms with Crippen LogP contribution < -0.4 is 5.43 Å². The fourth-order valence-corrected chi connectivity index (χ4v) is 1.04. The van der Waals surface area contributed by atoms with Crippen molar-refractivity contribution in [2.45, 2.75) is 6.42 Å². The zero-order valence-electron chi connectivity index (χ0n) is 7.24. The second-order valence-electron chi connectivity index (χ2n) is 2.62. The van der Waals surface area contributed by atoms with Crippen molar-refractivity contribution in [3.8, 4) is 0 Å². The van der Waals surface area contributed by atoms with Crippen LogP contribution >= 0.6 is 11.6 Å². The summed E-state index contributed by atoms with van der Waals surface area (Å²) in [4.78, 5) is 11.9. The summed E-state index contributed by atoms with van der Waals surface area (Å²) in [5.41, 5.74) is 3.49. The molecule has 1 aromatic carbocycles. The molecule has 0 saturated carbocycles. The summed E-state index contributed by atoms with van der Waals surface area (Å²) in [5, 5.41) is 0. The van der Waals surface area contributed by atoms with Crippen molar-refractivity contribution in [2.24, 2.45) is 0 Å². The van der Waals surface area contributed by atoms with E-state index in [4.69, 9.17) is 11.6 Å². The molecular weight excluding hydrogens is 188 g/mol. The van der Waals surface area contributed by atoms with Crippen LogP contribution in [0.4, 0.5) is 5.69 Å². The average molecular weight is 200 g/mol. The summed E-state index contributed by atoms with van der Waals surface area (Å²) in [5.74, 6) is 0.509.